The van der Waals surface area contributed by atoms with E-state index in [2.05, 4.69) is 5.32 Å². The molecule has 0 aromatic heterocycles. The highest BCUT2D eigenvalue weighted by Crippen LogP contribution is 2.17. The average Bonchev–Trinajstić information content (AvgIpc) is 2.58. The quantitative estimate of drug-likeness (QED) is 0.714. The van der Waals surface area contributed by atoms with Gasteiger partial charge in [-0.2, -0.15) is 0 Å². The van der Waals surface area contributed by atoms with Crippen LogP contribution in [0.2, 0.25) is 0 Å². The number of sulfonamides is 1. The Balaban J connectivity index is 1.87. The minimum atomic E-state index is -3.69. The summed E-state index contributed by atoms with van der Waals surface area (Å²) < 4.78 is 50.6. The molecule has 0 fully saturated rings. The van der Waals surface area contributed by atoms with Crippen molar-refractivity contribution in [1.29, 1.82) is 0 Å². The molecular weight excluding hydrogens is 362 g/mol. The van der Waals surface area contributed by atoms with Gasteiger partial charge in [0.05, 0.1) is 11.9 Å². The number of carbonyl (C=O) groups excluding carboxylic acids is 1. The van der Waals surface area contributed by atoms with Crippen molar-refractivity contribution < 1.29 is 22.0 Å². The predicted octanol–water partition coefficient (Wildman–Crippen LogP) is 2.48. The van der Waals surface area contributed by atoms with E-state index >= 15 is 0 Å². The first-order valence-corrected chi connectivity index (χ1v) is 9.85. The summed E-state index contributed by atoms with van der Waals surface area (Å²) in [5.74, 6) is -1.25. The highest BCUT2D eigenvalue weighted by Gasteiger charge is 2.20. The Morgan fingerprint density at radius 1 is 1.00 bits per heavy atom. The van der Waals surface area contributed by atoms with Crippen LogP contribution in [0.3, 0.4) is 0 Å². The van der Waals surface area contributed by atoms with E-state index in [1.807, 2.05) is 0 Å². The predicted molar refractivity (Wildman–Crippen MR) is 96.3 cm³/mol. The molecule has 0 saturated carbocycles. The normalized spacial score (nSPS) is 11.2. The van der Waals surface area contributed by atoms with Crippen molar-refractivity contribution in [3.63, 3.8) is 0 Å². The van der Waals surface area contributed by atoms with E-state index in [0.717, 1.165) is 28.3 Å². The number of anilines is 1. The molecule has 140 valence electrons. The summed E-state index contributed by atoms with van der Waals surface area (Å²) in [7, 11) is -3.69. The van der Waals surface area contributed by atoms with Crippen LogP contribution < -0.4 is 9.62 Å². The molecule has 1 amide bonds. The molecule has 0 radical (unpaired) electrons. The maximum absolute atomic E-state index is 13.0. The molecule has 8 heteroatoms. The van der Waals surface area contributed by atoms with Gasteiger partial charge in [-0.15, -0.1) is 0 Å². The van der Waals surface area contributed by atoms with Gasteiger partial charge in [-0.3, -0.25) is 9.10 Å². The van der Waals surface area contributed by atoms with E-state index in [-0.39, 0.29) is 18.0 Å². The first-order chi connectivity index (χ1) is 12.3. The van der Waals surface area contributed by atoms with Gasteiger partial charge in [0.2, 0.25) is 15.9 Å². The van der Waals surface area contributed by atoms with Crippen molar-refractivity contribution in [3.05, 3.63) is 65.7 Å². The zero-order valence-electron chi connectivity index (χ0n) is 14.3. The Hall–Kier alpha value is -2.48. The van der Waals surface area contributed by atoms with Crippen LogP contribution in [0.5, 0.6) is 0 Å². The standard InChI is InChI=1S/C18H20F2N2O3S/c1-26(24,25)22(17-10-8-16(20)9-11-17)13-18(23)21-12-2-3-14-4-6-15(19)7-5-14/h4-11H,2-3,12-13H2,1H3,(H,21,23). The van der Waals surface area contributed by atoms with Crippen LogP contribution in [0.15, 0.2) is 48.5 Å². The fourth-order valence-electron chi connectivity index (χ4n) is 2.37. The monoisotopic (exact) mass is 382 g/mol. The first-order valence-electron chi connectivity index (χ1n) is 8.00. The SMILES string of the molecule is CS(=O)(=O)N(CC(=O)NCCCc1ccc(F)cc1)c1ccc(F)cc1. The minimum absolute atomic E-state index is 0.218. The van der Waals surface area contributed by atoms with Gasteiger partial charge < -0.3 is 5.32 Å². The highest BCUT2D eigenvalue weighted by atomic mass is 32.2. The van der Waals surface area contributed by atoms with E-state index in [1.165, 1.54) is 24.3 Å². The van der Waals surface area contributed by atoms with Crippen LogP contribution in [0.25, 0.3) is 0 Å². The van der Waals surface area contributed by atoms with Gasteiger partial charge in [0.25, 0.3) is 0 Å². The third-order valence-corrected chi connectivity index (χ3v) is 4.82. The molecule has 0 unspecified atom stereocenters. The van der Waals surface area contributed by atoms with Crippen molar-refractivity contribution >= 4 is 21.6 Å². The molecule has 2 aromatic rings. The molecule has 0 aliphatic rings. The molecule has 0 atom stereocenters. The lowest BCUT2D eigenvalue weighted by Crippen LogP contribution is -2.40. The van der Waals surface area contributed by atoms with Crippen LogP contribution in [0, 0.1) is 11.6 Å². The average molecular weight is 382 g/mol. The van der Waals surface area contributed by atoms with E-state index in [0.29, 0.717) is 19.4 Å². The molecule has 1 N–H and O–H groups in total. The number of nitrogens with one attached hydrogen (secondary N) is 1. The van der Waals surface area contributed by atoms with E-state index < -0.39 is 21.7 Å². The van der Waals surface area contributed by atoms with Crippen molar-refractivity contribution in [1.82, 2.24) is 5.32 Å². The van der Waals surface area contributed by atoms with Gasteiger partial charge in [0.1, 0.15) is 18.2 Å². The van der Waals surface area contributed by atoms with Crippen molar-refractivity contribution in [2.45, 2.75) is 12.8 Å². The molecule has 26 heavy (non-hydrogen) atoms. The van der Waals surface area contributed by atoms with Crippen molar-refractivity contribution in [3.8, 4) is 0 Å². The molecule has 2 aromatic carbocycles. The Bertz CT molecular complexity index is 838. The number of halogens is 2. The zero-order valence-corrected chi connectivity index (χ0v) is 15.1. The maximum atomic E-state index is 13.0. The molecule has 0 aliphatic carbocycles. The molecule has 0 heterocycles. The third-order valence-electron chi connectivity index (χ3n) is 3.68. The zero-order chi connectivity index (χ0) is 19.2. The summed E-state index contributed by atoms with van der Waals surface area (Å²) >= 11 is 0. The number of carbonyl (C=O) groups is 1. The lowest BCUT2D eigenvalue weighted by molar-refractivity contribution is -0.119. The Labute approximate surface area is 151 Å². The molecule has 2 rings (SSSR count). The van der Waals surface area contributed by atoms with Gasteiger partial charge in [0, 0.05) is 6.54 Å². The van der Waals surface area contributed by atoms with Gasteiger partial charge in [-0.25, -0.2) is 17.2 Å². The van der Waals surface area contributed by atoms with E-state index in [9.17, 15) is 22.0 Å². The molecule has 5 nitrogen and oxygen atoms in total. The number of hydrogen-bond donors (Lipinski definition) is 1. The molecular formula is C18H20F2N2O3S. The van der Waals surface area contributed by atoms with Crippen LogP contribution >= 0.6 is 0 Å². The van der Waals surface area contributed by atoms with Crippen LogP contribution in [0.1, 0.15) is 12.0 Å². The smallest absolute Gasteiger partial charge is 0.240 e. The lowest BCUT2D eigenvalue weighted by Gasteiger charge is -2.21. The highest BCUT2D eigenvalue weighted by molar-refractivity contribution is 7.92. The summed E-state index contributed by atoms with van der Waals surface area (Å²) in [6.07, 6.45) is 2.28. The second kappa shape index (κ2) is 8.75. The fourth-order valence-corrected chi connectivity index (χ4v) is 3.22. The van der Waals surface area contributed by atoms with Crippen LogP contribution in [-0.2, 0) is 21.2 Å². The second-order valence-electron chi connectivity index (χ2n) is 5.83. The molecule has 0 aliphatic heterocycles. The molecule has 0 spiro atoms. The van der Waals surface area contributed by atoms with Crippen molar-refractivity contribution in [2.75, 3.05) is 23.7 Å². The summed E-state index contributed by atoms with van der Waals surface area (Å²) in [5.41, 5.74) is 1.17. The first kappa shape index (κ1) is 19.8. The van der Waals surface area contributed by atoms with Crippen molar-refractivity contribution in [2.24, 2.45) is 0 Å². The van der Waals surface area contributed by atoms with E-state index in [1.54, 1.807) is 12.1 Å². The summed E-state index contributed by atoms with van der Waals surface area (Å²) in [6, 6.07) is 11.0. The number of hydrogen-bond acceptors (Lipinski definition) is 3. The lowest BCUT2D eigenvalue weighted by atomic mass is 10.1. The van der Waals surface area contributed by atoms with E-state index in [4.69, 9.17) is 0 Å². The van der Waals surface area contributed by atoms with Gasteiger partial charge >= 0.3 is 0 Å². The number of rotatable bonds is 8. The topological polar surface area (TPSA) is 66.5 Å². The Morgan fingerprint density at radius 2 is 1.54 bits per heavy atom. The van der Waals surface area contributed by atoms with Gasteiger partial charge in [-0.05, 0) is 54.8 Å². The van der Waals surface area contributed by atoms with Crippen LogP contribution in [-0.4, -0.2) is 33.7 Å². The molecule has 0 saturated heterocycles. The Morgan fingerprint density at radius 3 is 2.08 bits per heavy atom. The third kappa shape index (κ3) is 6.11. The minimum Gasteiger partial charge on any atom is -0.355 e. The number of nitrogens with zero attached hydrogens (tertiary/aromatic N) is 1. The maximum Gasteiger partial charge on any atom is 0.240 e. The van der Waals surface area contributed by atoms with Crippen LogP contribution in [0.4, 0.5) is 14.5 Å². The number of benzene rings is 2. The summed E-state index contributed by atoms with van der Waals surface area (Å²) in [6.45, 7) is -0.0295. The van der Waals surface area contributed by atoms with Gasteiger partial charge in [-0.1, -0.05) is 12.1 Å². The number of amides is 1. The number of aryl methyl sites for hydroxylation is 1. The molecule has 0 bridgehead atoms. The second-order valence-corrected chi connectivity index (χ2v) is 7.73. The Kier molecular flexibility index (Phi) is 6.68. The summed E-state index contributed by atoms with van der Waals surface area (Å²) in [5, 5.41) is 2.65. The largest absolute Gasteiger partial charge is 0.355 e. The fraction of sp³-hybridized carbons (Fsp3) is 0.278. The van der Waals surface area contributed by atoms with Gasteiger partial charge in [0.15, 0.2) is 0 Å². The summed E-state index contributed by atoms with van der Waals surface area (Å²) in [4.78, 5) is 12.1.